The Kier molecular flexibility index (Phi) is 3.87. The minimum atomic E-state index is -0.0319. The monoisotopic (exact) mass is 292 g/mol. The smallest absolute Gasteiger partial charge is 0.309 e. The minimum Gasteiger partial charge on any atom is -0.462 e. The molecule has 1 saturated heterocycles. The van der Waals surface area contributed by atoms with Crippen LogP contribution >= 0.6 is 0 Å². The van der Waals surface area contributed by atoms with Crippen molar-refractivity contribution in [1.29, 1.82) is 0 Å². The Bertz CT molecular complexity index is 444. The number of cyclic esters (lactones) is 1. The van der Waals surface area contributed by atoms with Gasteiger partial charge >= 0.3 is 5.97 Å². The molecule has 0 radical (unpaired) electrons. The van der Waals surface area contributed by atoms with E-state index in [4.69, 9.17) is 4.74 Å². The lowest BCUT2D eigenvalue weighted by Gasteiger charge is -2.42. The van der Waals surface area contributed by atoms with Crippen LogP contribution in [0, 0.1) is 29.1 Å². The summed E-state index contributed by atoms with van der Waals surface area (Å²) in [4.78, 5) is 23.8. The number of hydrogen-bond donors (Lipinski definition) is 0. The van der Waals surface area contributed by atoms with E-state index in [1.165, 1.54) is 12.8 Å². The molecule has 0 aromatic heterocycles. The average molecular weight is 292 g/mol. The molecule has 3 heteroatoms. The van der Waals surface area contributed by atoms with Crippen LogP contribution < -0.4 is 0 Å². The molecule has 1 unspecified atom stereocenters. The molecule has 2 saturated carbocycles. The molecule has 0 bridgehead atoms. The molecule has 118 valence electrons. The SMILES string of the molecule is C[C@H](C[C@H]1C[C@H](C)C(=O)O1)[C@H]1CCC2C(=O)CCC[C@]21C. The van der Waals surface area contributed by atoms with Crippen LogP contribution in [0.1, 0.15) is 65.7 Å². The fourth-order valence-electron chi connectivity index (χ4n) is 5.45. The Hall–Kier alpha value is -0.860. The van der Waals surface area contributed by atoms with Gasteiger partial charge in [0.1, 0.15) is 11.9 Å². The maximum absolute atomic E-state index is 12.2. The molecule has 21 heavy (non-hydrogen) atoms. The highest BCUT2D eigenvalue weighted by Gasteiger charge is 2.52. The van der Waals surface area contributed by atoms with Crippen LogP contribution in [0.3, 0.4) is 0 Å². The maximum atomic E-state index is 12.2. The Labute approximate surface area is 127 Å². The summed E-state index contributed by atoms with van der Waals surface area (Å²) in [7, 11) is 0. The topological polar surface area (TPSA) is 43.4 Å². The second-order valence-electron chi connectivity index (χ2n) is 7.97. The Morgan fingerprint density at radius 3 is 2.76 bits per heavy atom. The zero-order valence-electron chi connectivity index (χ0n) is 13.6. The molecule has 3 aliphatic rings. The number of fused-ring (bicyclic) bond motifs is 1. The number of ether oxygens (including phenoxy) is 1. The van der Waals surface area contributed by atoms with Gasteiger partial charge < -0.3 is 4.74 Å². The predicted molar refractivity (Wildman–Crippen MR) is 80.6 cm³/mol. The lowest BCUT2D eigenvalue weighted by atomic mass is 9.62. The third-order valence-electron chi connectivity index (χ3n) is 6.56. The van der Waals surface area contributed by atoms with Gasteiger partial charge in [0, 0.05) is 12.3 Å². The fourth-order valence-corrected chi connectivity index (χ4v) is 5.45. The highest BCUT2D eigenvalue weighted by molar-refractivity contribution is 5.83. The molecule has 1 heterocycles. The Morgan fingerprint density at radius 2 is 2.10 bits per heavy atom. The largest absolute Gasteiger partial charge is 0.462 e. The van der Waals surface area contributed by atoms with Crippen LogP contribution in [-0.4, -0.2) is 17.9 Å². The second kappa shape index (κ2) is 5.40. The third kappa shape index (κ3) is 2.53. The van der Waals surface area contributed by atoms with E-state index in [0.29, 0.717) is 23.5 Å². The van der Waals surface area contributed by atoms with Crippen molar-refractivity contribution in [3.8, 4) is 0 Å². The van der Waals surface area contributed by atoms with E-state index in [0.717, 1.165) is 32.1 Å². The first-order chi connectivity index (χ1) is 9.91. The molecular formula is C18H28O3. The highest BCUT2D eigenvalue weighted by Crippen LogP contribution is 2.57. The van der Waals surface area contributed by atoms with Crippen molar-refractivity contribution in [2.24, 2.45) is 29.1 Å². The first kappa shape index (κ1) is 15.1. The molecule has 2 aliphatic carbocycles. The van der Waals surface area contributed by atoms with E-state index < -0.39 is 0 Å². The number of Topliss-reactive ketones (excluding diaryl/α,β-unsaturated/α-hetero) is 1. The van der Waals surface area contributed by atoms with Crippen LogP contribution in [0.5, 0.6) is 0 Å². The van der Waals surface area contributed by atoms with Crippen molar-refractivity contribution in [3.63, 3.8) is 0 Å². The van der Waals surface area contributed by atoms with Gasteiger partial charge in [-0.3, -0.25) is 9.59 Å². The molecule has 1 aliphatic heterocycles. The van der Waals surface area contributed by atoms with Gasteiger partial charge in [-0.2, -0.15) is 0 Å². The molecular weight excluding hydrogens is 264 g/mol. The quantitative estimate of drug-likeness (QED) is 0.744. The van der Waals surface area contributed by atoms with Gasteiger partial charge in [-0.15, -0.1) is 0 Å². The lowest BCUT2D eigenvalue weighted by molar-refractivity contribution is -0.144. The normalized spacial score (nSPS) is 44.5. The van der Waals surface area contributed by atoms with Gasteiger partial charge in [0.05, 0.1) is 5.92 Å². The van der Waals surface area contributed by atoms with Crippen molar-refractivity contribution in [2.45, 2.75) is 71.8 Å². The van der Waals surface area contributed by atoms with E-state index in [1.54, 1.807) is 0 Å². The van der Waals surface area contributed by atoms with E-state index in [1.807, 2.05) is 6.92 Å². The van der Waals surface area contributed by atoms with E-state index >= 15 is 0 Å². The Balaban J connectivity index is 1.66. The van der Waals surface area contributed by atoms with Gasteiger partial charge in [0.25, 0.3) is 0 Å². The number of hydrogen-bond acceptors (Lipinski definition) is 3. The van der Waals surface area contributed by atoms with E-state index in [2.05, 4.69) is 13.8 Å². The molecule has 3 nitrogen and oxygen atoms in total. The summed E-state index contributed by atoms with van der Waals surface area (Å²) in [5.41, 5.74) is 0.197. The summed E-state index contributed by atoms with van der Waals surface area (Å²) in [6.07, 6.45) is 7.23. The summed E-state index contributed by atoms with van der Waals surface area (Å²) in [6, 6.07) is 0. The van der Waals surface area contributed by atoms with Crippen LogP contribution in [0.4, 0.5) is 0 Å². The number of carbonyl (C=O) groups excluding carboxylic acids is 2. The average Bonchev–Trinajstić information content (AvgIpc) is 2.91. The summed E-state index contributed by atoms with van der Waals surface area (Å²) < 4.78 is 5.49. The van der Waals surface area contributed by atoms with Crippen LogP contribution in [0.15, 0.2) is 0 Å². The fraction of sp³-hybridized carbons (Fsp3) is 0.889. The van der Waals surface area contributed by atoms with Crippen molar-refractivity contribution in [1.82, 2.24) is 0 Å². The molecule has 0 amide bonds. The van der Waals surface area contributed by atoms with Crippen LogP contribution in [0.2, 0.25) is 0 Å². The Morgan fingerprint density at radius 1 is 1.33 bits per heavy atom. The van der Waals surface area contributed by atoms with Gasteiger partial charge in [-0.25, -0.2) is 0 Å². The number of rotatable bonds is 3. The first-order valence-electron chi connectivity index (χ1n) is 8.65. The first-order valence-corrected chi connectivity index (χ1v) is 8.65. The van der Waals surface area contributed by atoms with Crippen LogP contribution in [-0.2, 0) is 14.3 Å². The third-order valence-corrected chi connectivity index (χ3v) is 6.56. The summed E-state index contributed by atoms with van der Waals surface area (Å²) in [5, 5.41) is 0. The number of esters is 1. The van der Waals surface area contributed by atoms with E-state index in [-0.39, 0.29) is 23.4 Å². The molecule has 3 fully saturated rings. The molecule has 3 rings (SSSR count). The molecule has 0 aromatic carbocycles. The zero-order valence-corrected chi connectivity index (χ0v) is 13.6. The van der Waals surface area contributed by atoms with Crippen molar-refractivity contribution in [3.05, 3.63) is 0 Å². The second-order valence-corrected chi connectivity index (χ2v) is 7.97. The summed E-state index contributed by atoms with van der Waals surface area (Å²) in [5.74, 6) is 1.97. The summed E-state index contributed by atoms with van der Waals surface area (Å²) >= 11 is 0. The number of ketones is 1. The standard InChI is InChI=1S/C18H28O3/c1-11(9-13-10-12(2)17(20)21-13)14-6-7-15-16(19)5-4-8-18(14,15)3/h11-15H,4-10H2,1-3H3/t11-,12+,13+,14-,15?,18+/m1/s1. The highest BCUT2D eigenvalue weighted by atomic mass is 16.5. The van der Waals surface area contributed by atoms with Gasteiger partial charge in [-0.1, -0.05) is 20.8 Å². The van der Waals surface area contributed by atoms with Gasteiger partial charge in [-0.05, 0) is 55.8 Å². The maximum Gasteiger partial charge on any atom is 0.309 e. The van der Waals surface area contributed by atoms with E-state index in [9.17, 15) is 9.59 Å². The summed E-state index contributed by atoms with van der Waals surface area (Å²) in [6.45, 7) is 6.60. The predicted octanol–water partition coefficient (Wildman–Crippen LogP) is 3.75. The number of carbonyl (C=O) groups is 2. The molecule has 6 atom stereocenters. The van der Waals surface area contributed by atoms with Crippen molar-refractivity contribution >= 4 is 11.8 Å². The lowest BCUT2D eigenvalue weighted by Crippen LogP contribution is -2.39. The van der Waals surface area contributed by atoms with Gasteiger partial charge in [0.15, 0.2) is 0 Å². The molecule has 0 N–H and O–H groups in total. The van der Waals surface area contributed by atoms with Gasteiger partial charge in [0.2, 0.25) is 0 Å². The minimum absolute atomic E-state index is 0.0319. The zero-order chi connectivity index (χ0) is 15.2. The van der Waals surface area contributed by atoms with Crippen molar-refractivity contribution < 1.29 is 14.3 Å². The molecule has 0 aromatic rings. The molecule has 0 spiro atoms. The van der Waals surface area contributed by atoms with Crippen LogP contribution in [0.25, 0.3) is 0 Å². The van der Waals surface area contributed by atoms with Crippen molar-refractivity contribution in [2.75, 3.05) is 0 Å².